The average molecular weight is 313 g/mol. The van der Waals surface area contributed by atoms with Gasteiger partial charge in [-0.25, -0.2) is 4.79 Å². The number of carbonyl (C=O) groups excluding carboxylic acids is 1. The fourth-order valence-corrected chi connectivity index (χ4v) is 2.92. The first-order valence-electron chi connectivity index (χ1n) is 7.75. The second kappa shape index (κ2) is 6.79. The third kappa shape index (κ3) is 3.68. The lowest BCUT2D eigenvalue weighted by atomic mass is 10.0. The Morgan fingerprint density at radius 3 is 2.48 bits per heavy atom. The second-order valence-electron chi connectivity index (χ2n) is 5.76. The van der Waals surface area contributed by atoms with Crippen molar-refractivity contribution >= 4 is 22.6 Å². The lowest BCUT2D eigenvalue weighted by Gasteiger charge is -2.31. The van der Waals surface area contributed by atoms with Gasteiger partial charge in [0.1, 0.15) is 6.61 Å². The van der Waals surface area contributed by atoms with Gasteiger partial charge in [0.05, 0.1) is 6.10 Å². The molecular formula is C18H19NO4. The molecule has 5 nitrogen and oxygen atoms in total. The summed E-state index contributed by atoms with van der Waals surface area (Å²) in [5.74, 6) is -0.938. The summed E-state index contributed by atoms with van der Waals surface area (Å²) in [6.45, 7) is 0.912. The zero-order valence-electron chi connectivity index (χ0n) is 12.8. The first-order chi connectivity index (χ1) is 11.1. The highest BCUT2D eigenvalue weighted by molar-refractivity contribution is 5.98. The lowest BCUT2D eigenvalue weighted by Crippen LogP contribution is -2.41. The molecule has 1 heterocycles. The maximum absolute atomic E-state index is 12.6. The predicted molar refractivity (Wildman–Crippen MR) is 86.5 cm³/mol. The van der Waals surface area contributed by atoms with E-state index in [0.29, 0.717) is 31.5 Å². The first kappa shape index (κ1) is 15.5. The standard InChI is InChI=1S/C18H19NO4/c20-17(21)12-23-16-7-9-19(10-8-16)18(22)15-6-5-13-3-1-2-4-14(13)11-15/h1-6,11,16H,7-10,12H2,(H,20,21). The van der Waals surface area contributed by atoms with Crippen molar-refractivity contribution in [1.29, 1.82) is 0 Å². The normalized spacial score (nSPS) is 15.7. The molecule has 0 saturated carbocycles. The minimum absolute atomic E-state index is 0.0208. The number of likely N-dealkylation sites (tertiary alicyclic amines) is 1. The molecule has 0 atom stereocenters. The number of carboxylic acids is 1. The molecular weight excluding hydrogens is 294 g/mol. The molecule has 23 heavy (non-hydrogen) atoms. The molecule has 120 valence electrons. The molecule has 1 aliphatic heterocycles. The largest absolute Gasteiger partial charge is 0.480 e. The van der Waals surface area contributed by atoms with Crippen LogP contribution in [0.15, 0.2) is 42.5 Å². The van der Waals surface area contributed by atoms with Gasteiger partial charge in [-0.1, -0.05) is 30.3 Å². The van der Waals surface area contributed by atoms with E-state index in [-0.39, 0.29) is 18.6 Å². The topological polar surface area (TPSA) is 66.8 Å². The highest BCUT2D eigenvalue weighted by atomic mass is 16.5. The van der Waals surface area contributed by atoms with Gasteiger partial charge < -0.3 is 14.7 Å². The van der Waals surface area contributed by atoms with Crippen LogP contribution in [0.3, 0.4) is 0 Å². The highest BCUT2D eigenvalue weighted by Gasteiger charge is 2.24. The number of fused-ring (bicyclic) bond motifs is 1. The van der Waals surface area contributed by atoms with Crippen molar-refractivity contribution in [2.75, 3.05) is 19.7 Å². The molecule has 1 saturated heterocycles. The number of carboxylic acid groups (broad SMARTS) is 1. The Labute approximate surface area is 134 Å². The van der Waals surface area contributed by atoms with Gasteiger partial charge in [-0.2, -0.15) is 0 Å². The van der Waals surface area contributed by atoms with Gasteiger partial charge in [0.2, 0.25) is 0 Å². The van der Waals surface area contributed by atoms with E-state index in [4.69, 9.17) is 9.84 Å². The number of aliphatic carboxylic acids is 1. The van der Waals surface area contributed by atoms with Crippen molar-refractivity contribution in [3.05, 3.63) is 48.0 Å². The summed E-state index contributed by atoms with van der Waals surface area (Å²) in [7, 11) is 0. The Balaban J connectivity index is 1.63. The number of hydrogen-bond acceptors (Lipinski definition) is 3. The number of nitrogens with zero attached hydrogens (tertiary/aromatic N) is 1. The third-order valence-corrected chi connectivity index (χ3v) is 4.17. The monoisotopic (exact) mass is 313 g/mol. The van der Waals surface area contributed by atoms with Crippen LogP contribution in [0.4, 0.5) is 0 Å². The van der Waals surface area contributed by atoms with Crippen LogP contribution in [0.25, 0.3) is 10.8 Å². The smallest absolute Gasteiger partial charge is 0.329 e. The number of benzene rings is 2. The summed E-state index contributed by atoms with van der Waals surface area (Å²) in [6.07, 6.45) is 1.27. The summed E-state index contributed by atoms with van der Waals surface area (Å²) in [6, 6.07) is 13.7. The van der Waals surface area contributed by atoms with Gasteiger partial charge in [-0.3, -0.25) is 4.79 Å². The van der Waals surface area contributed by atoms with Crippen LogP contribution >= 0.6 is 0 Å². The van der Waals surface area contributed by atoms with Crippen molar-refractivity contribution in [2.45, 2.75) is 18.9 Å². The summed E-state index contributed by atoms with van der Waals surface area (Å²) in [4.78, 5) is 24.9. The maximum Gasteiger partial charge on any atom is 0.329 e. The third-order valence-electron chi connectivity index (χ3n) is 4.17. The van der Waals surface area contributed by atoms with Gasteiger partial charge in [-0.05, 0) is 35.7 Å². The molecule has 1 amide bonds. The summed E-state index contributed by atoms with van der Waals surface area (Å²) in [5.41, 5.74) is 0.689. The molecule has 1 N–H and O–H groups in total. The van der Waals surface area contributed by atoms with Crippen molar-refractivity contribution in [3.8, 4) is 0 Å². The van der Waals surface area contributed by atoms with Crippen molar-refractivity contribution < 1.29 is 19.4 Å². The Hall–Kier alpha value is -2.40. The maximum atomic E-state index is 12.6. The van der Waals surface area contributed by atoms with Gasteiger partial charge in [-0.15, -0.1) is 0 Å². The lowest BCUT2D eigenvalue weighted by molar-refractivity contribution is -0.145. The number of amides is 1. The van der Waals surface area contributed by atoms with Gasteiger partial charge >= 0.3 is 5.97 Å². The molecule has 2 aromatic rings. The number of hydrogen-bond donors (Lipinski definition) is 1. The molecule has 0 spiro atoms. The van der Waals surface area contributed by atoms with E-state index in [9.17, 15) is 9.59 Å². The van der Waals surface area contributed by atoms with Crippen molar-refractivity contribution in [3.63, 3.8) is 0 Å². The van der Waals surface area contributed by atoms with Crippen LogP contribution in [0, 0.1) is 0 Å². The number of piperidine rings is 1. The molecule has 0 radical (unpaired) electrons. The van der Waals surface area contributed by atoms with E-state index in [1.807, 2.05) is 47.4 Å². The van der Waals surface area contributed by atoms with Crippen LogP contribution in [0.1, 0.15) is 23.2 Å². The van der Waals surface area contributed by atoms with Crippen LogP contribution < -0.4 is 0 Å². The first-order valence-corrected chi connectivity index (χ1v) is 7.75. The zero-order valence-corrected chi connectivity index (χ0v) is 12.8. The molecule has 2 aromatic carbocycles. The summed E-state index contributed by atoms with van der Waals surface area (Å²) < 4.78 is 5.30. The molecule has 3 rings (SSSR count). The Morgan fingerprint density at radius 1 is 1.09 bits per heavy atom. The second-order valence-corrected chi connectivity index (χ2v) is 5.76. The van der Waals surface area contributed by atoms with E-state index in [1.54, 1.807) is 0 Å². The van der Waals surface area contributed by atoms with Crippen LogP contribution in [-0.2, 0) is 9.53 Å². The molecule has 0 unspecified atom stereocenters. The van der Waals surface area contributed by atoms with Crippen LogP contribution in [0.2, 0.25) is 0 Å². The summed E-state index contributed by atoms with van der Waals surface area (Å²) >= 11 is 0. The Kier molecular flexibility index (Phi) is 4.57. The molecule has 1 fully saturated rings. The highest BCUT2D eigenvalue weighted by Crippen LogP contribution is 2.20. The van der Waals surface area contributed by atoms with Crippen LogP contribution in [-0.4, -0.2) is 47.7 Å². The van der Waals surface area contributed by atoms with E-state index < -0.39 is 5.97 Å². The van der Waals surface area contributed by atoms with Crippen molar-refractivity contribution in [1.82, 2.24) is 4.90 Å². The zero-order chi connectivity index (χ0) is 16.2. The van der Waals surface area contributed by atoms with Gasteiger partial charge in [0, 0.05) is 18.7 Å². The quantitative estimate of drug-likeness (QED) is 0.942. The molecule has 0 aromatic heterocycles. The Morgan fingerprint density at radius 2 is 1.78 bits per heavy atom. The van der Waals surface area contributed by atoms with Crippen LogP contribution in [0.5, 0.6) is 0 Å². The summed E-state index contributed by atoms with van der Waals surface area (Å²) in [5, 5.41) is 10.8. The fourth-order valence-electron chi connectivity index (χ4n) is 2.92. The van der Waals surface area contributed by atoms with E-state index in [0.717, 1.165) is 10.8 Å². The minimum atomic E-state index is -0.959. The number of ether oxygens (including phenoxy) is 1. The number of rotatable bonds is 4. The van der Waals surface area contributed by atoms with E-state index >= 15 is 0 Å². The predicted octanol–water partition coefficient (Wildman–Crippen LogP) is 2.55. The number of carbonyl (C=O) groups is 2. The van der Waals surface area contributed by atoms with Gasteiger partial charge in [0.15, 0.2) is 0 Å². The molecule has 1 aliphatic rings. The molecule has 0 bridgehead atoms. The van der Waals surface area contributed by atoms with Crippen molar-refractivity contribution in [2.24, 2.45) is 0 Å². The average Bonchev–Trinajstić information content (AvgIpc) is 2.59. The molecule has 5 heteroatoms. The Bertz CT molecular complexity index is 720. The minimum Gasteiger partial charge on any atom is -0.480 e. The molecule has 0 aliphatic carbocycles. The van der Waals surface area contributed by atoms with Gasteiger partial charge in [0.25, 0.3) is 5.91 Å². The van der Waals surface area contributed by atoms with E-state index in [1.165, 1.54) is 0 Å². The van der Waals surface area contributed by atoms with E-state index in [2.05, 4.69) is 0 Å². The fraction of sp³-hybridized carbons (Fsp3) is 0.333. The SMILES string of the molecule is O=C(O)COC1CCN(C(=O)c2ccc3ccccc3c2)CC1.